The highest BCUT2D eigenvalue weighted by Gasteiger charge is 2.23. The highest BCUT2D eigenvalue weighted by Crippen LogP contribution is 2.17. The number of sulfonamides is 1. The lowest BCUT2D eigenvalue weighted by Crippen LogP contribution is -2.48. The summed E-state index contributed by atoms with van der Waals surface area (Å²) in [4.78, 5) is 0.270. The maximum atomic E-state index is 12.2. The van der Waals surface area contributed by atoms with E-state index in [-0.39, 0.29) is 10.9 Å². The third-order valence-corrected chi connectivity index (χ3v) is 4.89. The van der Waals surface area contributed by atoms with E-state index in [4.69, 9.17) is 4.74 Å². The fourth-order valence-corrected chi connectivity index (χ4v) is 3.41. The monoisotopic (exact) mass is 284 g/mol. The molecule has 0 aromatic heterocycles. The molecule has 1 fully saturated rings. The fourth-order valence-electron chi connectivity index (χ4n) is 2.14. The van der Waals surface area contributed by atoms with Gasteiger partial charge in [0.2, 0.25) is 10.0 Å². The molecular weight excluding hydrogens is 264 g/mol. The van der Waals surface area contributed by atoms with Crippen LogP contribution in [0.4, 0.5) is 0 Å². The summed E-state index contributed by atoms with van der Waals surface area (Å²) in [6.07, 6.45) is 1.85. The molecule has 1 aliphatic heterocycles. The summed E-state index contributed by atoms with van der Waals surface area (Å²) in [6, 6.07) is 6.83. The van der Waals surface area contributed by atoms with E-state index in [0.717, 1.165) is 12.8 Å². The van der Waals surface area contributed by atoms with Crippen molar-refractivity contribution in [1.82, 2.24) is 10.0 Å². The highest BCUT2D eigenvalue weighted by molar-refractivity contribution is 7.89. The molecule has 2 rings (SSSR count). The van der Waals surface area contributed by atoms with Gasteiger partial charge < -0.3 is 10.1 Å². The normalized spacial score (nSPS) is 24.1. The van der Waals surface area contributed by atoms with Crippen LogP contribution in [0.1, 0.15) is 19.8 Å². The third kappa shape index (κ3) is 3.68. The maximum absolute atomic E-state index is 12.2. The van der Waals surface area contributed by atoms with E-state index in [1.165, 1.54) is 0 Å². The van der Waals surface area contributed by atoms with Crippen LogP contribution in [0.15, 0.2) is 29.2 Å². The molecule has 0 spiro atoms. The van der Waals surface area contributed by atoms with Gasteiger partial charge >= 0.3 is 0 Å². The number of rotatable bonds is 4. The van der Waals surface area contributed by atoms with Crippen molar-refractivity contribution in [3.05, 3.63) is 24.3 Å². The summed E-state index contributed by atoms with van der Waals surface area (Å²) < 4.78 is 32.2. The van der Waals surface area contributed by atoms with Crippen molar-refractivity contribution >= 4 is 10.0 Å². The molecular formula is C13H20N2O3S. The van der Waals surface area contributed by atoms with Gasteiger partial charge in [-0.1, -0.05) is 0 Å². The Balaban J connectivity index is 2.05. The van der Waals surface area contributed by atoms with Crippen molar-refractivity contribution in [3.8, 4) is 5.75 Å². The minimum absolute atomic E-state index is 0.0386. The van der Waals surface area contributed by atoms with Crippen LogP contribution in [0, 0.1) is 0 Å². The number of ether oxygens (including phenoxy) is 1. The van der Waals surface area contributed by atoms with Gasteiger partial charge in [0.1, 0.15) is 5.75 Å². The van der Waals surface area contributed by atoms with Gasteiger partial charge in [-0.15, -0.1) is 0 Å². The van der Waals surface area contributed by atoms with Crippen LogP contribution in [-0.4, -0.2) is 34.2 Å². The Labute approximate surface area is 114 Å². The van der Waals surface area contributed by atoms with E-state index in [1.54, 1.807) is 31.4 Å². The Morgan fingerprint density at radius 2 is 1.95 bits per heavy atom. The van der Waals surface area contributed by atoms with Gasteiger partial charge in [-0.2, -0.15) is 0 Å². The molecule has 1 saturated heterocycles. The molecule has 0 saturated carbocycles. The largest absolute Gasteiger partial charge is 0.497 e. The highest BCUT2D eigenvalue weighted by atomic mass is 32.2. The lowest BCUT2D eigenvalue weighted by Gasteiger charge is -2.28. The van der Waals surface area contributed by atoms with Crippen LogP contribution in [-0.2, 0) is 10.0 Å². The van der Waals surface area contributed by atoms with Gasteiger partial charge in [-0.25, -0.2) is 13.1 Å². The van der Waals surface area contributed by atoms with Crippen LogP contribution in [0.5, 0.6) is 5.75 Å². The first kappa shape index (κ1) is 14.3. The van der Waals surface area contributed by atoms with Crippen LogP contribution in [0.25, 0.3) is 0 Å². The lowest BCUT2D eigenvalue weighted by molar-refractivity contribution is 0.366. The Kier molecular flexibility index (Phi) is 4.44. The second-order valence-electron chi connectivity index (χ2n) is 4.88. The van der Waals surface area contributed by atoms with Crippen molar-refractivity contribution in [2.24, 2.45) is 0 Å². The van der Waals surface area contributed by atoms with E-state index in [9.17, 15) is 8.42 Å². The SMILES string of the molecule is COc1ccc(S(=O)(=O)NC2CCC(C)NC2)cc1. The summed E-state index contributed by atoms with van der Waals surface area (Å²) in [5, 5.41) is 3.28. The maximum Gasteiger partial charge on any atom is 0.240 e. The molecule has 0 bridgehead atoms. The van der Waals surface area contributed by atoms with Crippen molar-refractivity contribution in [3.63, 3.8) is 0 Å². The topological polar surface area (TPSA) is 67.4 Å². The zero-order valence-electron chi connectivity index (χ0n) is 11.2. The average molecular weight is 284 g/mol. The van der Waals surface area contributed by atoms with Crippen LogP contribution in [0.2, 0.25) is 0 Å². The first-order chi connectivity index (χ1) is 9.01. The Bertz CT molecular complexity index is 505. The molecule has 6 heteroatoms. The van der Waals surface area contributed by atoms with Crippen LogP contribution >= 0.6 is 0 Å². The smallest absolute Gasteiger partial charge is 0.240 e. The predicted octanol–water partition coefficient (Wildman–Crippen LogP) is 1.11. The molecule has 0 aliphatic carbocycles. The number of methoxy groups -OCH3 is 1. The molecule has 1 aliphatic rings. The number of piperidine rings is 1. The number of hydrogen-bond acceptors (Lipinski definition) is 4. The zero-order chi connectivity index (χ0) is 13.9. The number of hydrogen-bond donors (Lipinski definition) is 2. The molecule has 106 valence electrons. The minimum atomic E-state index is -3.45. The van der Waals surface area contributed by atoms with Gasteiger partial charge in [-0.3, -0.25) is 0 Å². The third-order valence-electron chi connectivity index (χ3n) is 3.35. The van der Waals surface area contributed by atoms with E-state index in [1.807, 2.05) is 0 Å². The summed E-state index contributed by atoms with van der Waals surface area (Å²) in [6.45, 7) is 2.78. The Morgan fingerprint density at radius 3 is 2.47 bits per heavy atom. The van der Waals surface area contributed by atoms with E-state index >= 15 is 0 Å². The van der Waals surface area contributed by atoms with E-state index in [0.29, 0.717) is 18.3 Å². The molecule has 5 nitrogen and oxygen atoms in total. The first-order valence-electron chi connectivity index (χ1n) is 6.41. The molecule has 19 heavy (non-hydrogen) atoms. The van der Waals surface area contributed by atoms with Gasteiger partial charge in [-0.05, 0) is 44.0 Å². The van der Waals surface area contributed by atoms with Crippen molar-refractivity contribution in [2.45, 2.75) is 36.7 Å². The molecule has 1 heterocycles. The lowest BCUT2D eigenvalue weighted by atomic mass is 10.0. The van der Waals surface area contributed by atoms with Crippen molar-refractivity contribution in [2.75, 3.05) is 13.7 Å². The summed E-state index contributed by atoms with van der Waals surface area (Å²) in [5.74, 6) is 0.645. The molecule has 1 aromatic carbocycles. The summed E-state index contributed by atoms with van der Waals surface area (Å²) in [5.41, 5.74) is 0. The fraction of sp³-hybridized carbons (Fsp3) is 0.538. The molecule has 1 aromatic rings. The molecule has 2 N–H and O–H groups in total. The van der Waals surface area contributed by atoms with Crippen molar-refractivity contribution < 1.29 is 13.2 Å². The quantitative estimate of drug-likeness (QED) is 0.869. The Morgan fingerprint density at radius 1 is 1.26 bits per heavy atom. The molecule has 0 radical (unpaired) electrons. The van der Waals surface area contributed by atoms with Gasteiger partial charge in [0.05, 0.1) is 12.0 Å². The van der Waals surface area contributed by atoms with Crippen molar-refractivity contribution in [1.29, 1.82) is 0 Å². The average Bonchev–Trinajstić information content (AvgIpc) is 2.41. The number of nitrogens with one attached hydrogen (secondary N) is 2. The van der Waals surface area contributed by atoms with Gasteiger partial charge in [0.15, 0.2) is 0 Å². The minimum Gasteiger partial charge on any atom is -0.497 e. The van der Waals surface area contributed by atoms with Crippen LogP contribution < -0.4 is 14.8 Å². The van der Waals surface area contributed by atoms with Gasteiger partial charge in [0, 0.05) is 18.6 Å². The second kappa shape index (κ2) is 5.90. The van der Waals surface area contributed by atoms with Gasteiger partial charge in [0.25, 0.3) is 0 Å². The second-order valence-corrected chi connectivity index (χ2v) is 6.59. The molecule has 2 unspecified atom stereocenters. The van der Waals surface area contributed by atoms with Crippen LogP contribution in [0.3, 0.4) is 0 Å². The molecule has 2 atom stereocenters. The predicted molar refractivity (Wildman–Crippen MR) is 73.8 cm³/mol. The summed E-state index contributed by atoms with van der Waals surface area (Å²) in [7, 11) is -1.90. The standard InChI is InChI=1S/C13H20N2O3S/c1-10-3-4-11(9-14-10)15-19(16,17)13-7-5-12(18-2)6-8-13/h5-8,10-11,14-15H,3-4,9H2,1-2H3. The van der Waals surface area contributed by atoms with E-state index in [2.05, 4.69) is 17.0 Å². The first-order valence-corrected chi connectivity index (χ1v) is 7.89. The Hall–Kier alpha value is -1.11. The number of benzene rings is 1. The zero-order valence-corrected chi connectivity index (χ0v) is 12.0. The summed E-state index contributed by atoms with van der Waals surface area (Å²) >= 11 is 0. The molecule has 0 amide bonds. The van der Waals surface area contributed by atoms with E-state index < -0.39 is 10.0 Å².